The molecule has 2 aliphatic carbocycles. The van der Waals surface area contributed by atoms with Crippen molar-refractivity contribution >= 4 is 27.3 Å². The van der Waals surface area contributed by atoms with Crippen molar-refractivity contribution in [2.45, 2.75) is 70.0 Å². The maximum absolute atomic E-state index is 14.3. The molecule has 9 nitrogen and oxygen atoms in total. The molecule has 0 N–H and O–H groups in total. The van der Waals surface area contributed by atoms with Gasteiger partial charge in [-0.15, -0.1) is 0 Å². The van der Waals surface area contributed by atoms with Crippen molar-refractivity contribution in [2.75, 3.05) is 43.2 Å². The van der Waals surface area contributed by atoms with E-state index in [0.29, 0.717) is 36.8 Å². The molecule has 7 rings (SSSR count). The minimum absolute atomic E-state index is 0.0221. The van der Waals surface area contributed by atoms with Crippen LogP contribution in [0.5, 0.6) is 5.75 Å². The average Bonchev–Trinajstić information content (AvgIpc) is 3.43. The molecule has 0 radical (unpaired) electrons. The van der Waals surface area contributed by atoms with E-state index in [1.165, 1.54) is 16.7 Å². The molecule has 266 valence electrons. The van der Waals surface area contributed by atoms with Gasteiger partial charge in [0.05, 0.1) is 33.8 Å². The summed E-state index contributed by atoms with van der Waals surface area (Å²) in [6.07, 6.45) is 12.6. The van der Waals surface area contributed by atoms with Gasteiger partial charge in [-0.3, -0.25) is 9.59 Å². The number of rotatable bonds is 5. The van der Waals surface area contributed by atoms with E-state index in [1.54, 1.807) is 13.2 Å². The van der Waals surface area contributed by atoms with Gasteiger partial charge in [0.15, 0.2) is 0 Å². The van der Waals surface area contributed by atoms with Gasteiger partial charge < -0.3 is 23.7 Å². The second kappa shape index (κ2) is 14.4. The fourth-order valence-electron chi connectivity index (χ4n) is 8.38. The molecule has 5 atom stereocenters. The lowest BCUT2D eigenvalue weighted by molar-refractivity contribution is -0.141. The number of esters is 1. The Balaban J connectivity index is 1.24. The first-order valence-electron chi connectivity index (χ1n) is 18.0. The van der Waals surface area contributed by atoms with Crippen LogP contribution in [-0.2, 0) is 49.5 Å². The van der Waals surface area contributed by atoms with Crippen LogP contribution in [0.1, 0.15) is 71.3 Å². The molecule has 3 heterocycles. The number of anilines is 1. The molecule has 0 saturated heterocycles. The van der Waals surface area contributed by atoms with Crippen LogP contribution in [0.3, 0.4) is 0 Å². The predicted octanol–water partition coefficient (Wildman–Crippen LogP) is 6.55. The molecule has 3 aromatic rings. The third-order valence-corrected chi connectivity index (χ3v) is 13.4. The fraction of sp³-hybridized carbons (Fsp3) is 0.500. The molecule has 1 fully saturated rings. The Hall–Kier alpha value is -3.89. The van der Waals surface area contributed by atoms with Crippen molar-refractivity contribution in [3.8, 4) is 5.75 Å². The van der Waals surface area contributed by atoms with Gasteiger partial charge in [0.25, 0.3) is 5.91 Å². The van der Waals surface area contributed by atoms with Crippen molar-refractivity contribution in [1.29, 1.82) is 0 Å². The monoisotopic (exact) mass is 699 g/mol. The number of hydrogen-bond donors (Lipinski definition) is 0. The lowest BCUT2D eigenvalue weighted by Gasteiger charge is -2.46. The molecular weight excluding hydrogens is 651 g/mol. The molecule has 4 aliphatic rings. The topological polar surface area (TPSA) is 99.4 Å². The van der Waals surface area contributed by atoms with Crippen molar-refractivity contribution in [3.05, 3.63) is 94.8 Å². The lowest BCUT2D eigenvalue weighted by atomic mass is 9.68. The van der Waals surface area contributed by atoms with E-state index in [4.69, 9.17) is 14.2 Å². The third kappa shape index (κ3) is 7.15. The highest BCUT2D eigenvalue weighted by Crippen LogP contribution is 2.47. The highest BCUT2D eigenvalue weighted by Gasteiger charge is 2.44. The predicted molar refractivity (Wildman–Crippen MR) is 195 cm³/mol. The minimum atomic E-state index is -3.26. The highest BCUT2D eigenvalue weighted by molar-refractivity contribution is 7.94. The number of allylic oxidation sites excluding steroid dienone is 1. The SMILES string of the molecule is CO[C@H]1/C=C/CCC[S@@](=O)(CC(=O)OCc2cccn2C)=NC(=O)c2ccc3c(c2)N(C[C@@H]2CC[C@H]21)C[C@@]1(CCCc2cc(C)ccc21)CO3. The Morgan fingerprint density at radius 2 is 2.02 bits per heavy atom. The molecule has 1 saturated carbocycles. The van der Waals surface area contributed by atoms with Crippen LogP contribution in [-0.4, -0.2) is 65.1 Å². The number of ether oxygens (including phenoxy) is 3. The van der Waals surface area contributed by atoms with Gasteiger partial charge in [-0.1, -0.05) is 35.9 Å². The number of carbonyl (C=O) groups is 2. The summed E-state index contributed by atoms with van der Waals surface area (Å²) in [5.41, 5.74) is 5.86. The molecule has 2 aromatic carbocycles. The van der Waals surface area contributed by atoms with Gasteiger partial charge in [-0.05, 0) is 105 Å². The van der Waals surface area contributed by atoms with E-state index in [9.17, 15) is 13.8 Å². The Kier molecular flexibility index (Phi) is 9.94. The highest BCUT2D eigenvalue weighted by atomic mass is 32.2. The van der Waals surface area contributed by atoms with E-state index in [-0.39, 0.29) is 23.9 Å². The summed E-state index contributed by atoms with van der Waals surface area (Å²) in [4.78, 5) is 29.3. The zero-order valence-electron chi connectivity index (χ0n) is 29.5. The summed E-state index contributed by atoms with van der Waals surface area (Å²) in [6.45, 7) is 4.35. The standard InChI is InChI=1S/C40H49N3O6S/c1-28-12-16-34-29(21-28)9-7-18-40(34)26-43-23-31-13-15-33(31)36(47-3)11-5-4-6-20-50(46,25-38(44)48-24-32-10-8-19-42(32)2)41-39(45)30-14-17-37(49-27-40)35(43)22-30/h5,8,10-12,14,16-17,19,21-22,31,33,36H,4,6-7,9,13,15,18,20,23-27H2,1-3H3/b11-5+/t31-,33+,36-,40-,50+/m0/s1. The van der Waals surface area contributed by atoms with E-state index in [1.807, 2.05) is 42.1 Å². The molecule has 10 heteroatoms. The van der Waals surface area contributed by atoms with Crippen LogP contribution in [0.25, 0.3) is 0 Å². The lowest BCUT2D eigenvalue weighted by Crippen LogP contribution is -2.49. The van der Waals surface area contributed by atoms with Gasteiger partial charge in [0.2, 0.25) is 0 Å². The van der Waals surface area contributed by atoms with Crippen molar-refractivity contribution in [3.63, 3.8) is 0 Å². The zero-order chi connectivity index (χ0) is 34.9. The minimum Gasteiger partial charge on any atom is -0.490 e. The normalized spacial score (nSPS) is 28.7. The largest absolute Gasteiger partial charge is 0.490 e. The zero-order valence-corrected chi connectivity index (χ0v) is 30.3. The maximum Gasteiger partial charge on any atom is 0.319 e. The molecule has 2 aliphatic heterocycles. The van der Waals surface area contributed by atoms with Crippen LogP contribution < -0.4 is 9.64 Å². The summed E-state index contributed by atoms with van der Waals surface area (Å²) in [5.74, 6) is -0.0326. The van der Waals surface area contributed by atoms with Crippen molar-refractivity contribution in [2.24, 2.45) is 23.2 Å². The smallest absolute Gasteiger partial charge is 0.319 e. The Labute approximate surface area is 296 Å². The van der Waals surface area contributed by atoms with Crippen LogP contribution in [0.4, 0.5) is 5.69 Å². The molecular formula is C40H49N3O6S. The molecule has 0 unspecified atom stereocenters. The Bertz CT molecular complexity index is 1910. The van der Waals surface area contributed by atoms with E-state index in [2.05, 4.69) is 46.5 Å². The third-order valence-electron chi connectivity index (χ3n) is 11.3. The summed E-state index contributed by atoms with van der Waals surface area (Å²) in [7, 11) is 0.385. The number of carbonyl (C=O) groups excluding carboxylic acids is 2. The first-order valence-corrected chi connectivity index (χ1v) is 19.8. The summed E-state index contributed by atoms with van der Waals surface area (Å²) < 4.78 is 38.7. The number of methoxy groups -OCH3 is 1. The van der Waals surface area contributed by atoms with Gasteiger partial charge in [0, 0.05) is 50.2 Å². The maximum atomic E-state index is 14.3. The summed E-state index contributed by atoms with van der Waals surface area (Å²) in [6, 6.07) is 16.0. The van der Waals surface area contributed by atoms with Crippen LogP contribution in [0, 0.1) is 18.8 Å². The first-order chi connectivity index (χ1) is 24.1. The van der Waals surface area contributed by atoms with Crippen LogP contribution >= 0.6 is 0 Å². The van der Waals surface area contributed by atoms with Gasteiger partial charge in [0.1, 0.15) is 18.1 Å². The first kappa shape index (κ1) is 34.6. The number of benzene rings is 2. The van der Waals surface area contributed by atoms with Gasteiger partial charge >= 0.3 is 5.97 Å². The molecule has 1 aromatic heterocycles. The molecule has 1 spiro atoms. The Morgan fingerprint density at radius 3 is 2.80 bits per heavy atom. The average molecular weight is 700 g/mol. The second-order valence-electron chi connectivity index (χ2n) is 14.7. The Morgan fingerprint density at radius 1 is 1.14 bits per heavy atom. The van der Waals surface area contributed by atoms with Crippen LogP contribution in [0.15, 0.2) is 71.2 Å². The fourth-order valence-corrected chi connectivity index (χ4v) is 10.2. The number of hydrogen-bond acceptors (Lipinski definition) is 7. The summed E-state index contributed by atoms with van der Waals surface area (Å²) >= 11 is 0. The van der Waals surface area contributed by atoms with Gasteiger partial charge in [-0.25, -0.2) is 4.21 Å². The molecule has 2 bridgehead atoms. The van der Waals surface area contributed by atoms with E-state index >= 15 is 0 Å². The van der Waals surface area contributed by atoms with Crippen molar-refractivity contribution in [1.82, 2.24) is 4.57 Å². The van der Waals surface area contributed by atoms with E-state index in [0.717, 1.165) is 62.3 Å². The quantitative estimate of drug-likeness (QED) is 0.220. The van der Waals surface area contributed by atoms with Crippen LogP contribution in [0.2, 0.25) is 0 Å². The van der Waals surface area contributed by atoms with Crippen molar-refractivity contribution < 1.29 is 28.0 Å². The number of aromatic nitrogens is 1. The molecule has 1 amide bonds. The molecule has 50 heavy (non-hydrogen) atoms. The van der Waals surface area contributed by atoms with Gasteiger partial charge in [-0.2, -0.15) is 4.36 Å². The van der Waals surface area contributed by atoms with E-state index < -0.39 is 27.4 Å². The number of amides is 1. The number of aryl methyl sites for hydroxylation is 3. The number of fused-ring (bicyclic) bond motifs is 4. The summed E-state index contributed by atoms with van der Waals surface area (Å²) in [5, 5.41) is 0. The second-order valence-corrected chi connectivity index (χ2v) is 17.1. The number of nitrogens with zero attached hydrogens (tertiary/aromatic N) is 3.